The normalized spacial score (nSPS) is 13.0. The van der Waals surface area contributed by atoms with Gasteiger partial charge in [-0.25, -0.2) is 4.98 Å². The summed E-state index contributed by atoms with van der Waals surface area (Å²) in [6.45, 7) is 2.87. The molecule has 1 atom stereocenters. The molecule has 0 radical (unpaired) electrons. The van der Waals surface area contributed by atoms with E-state index >= 15 is 0 Å². The first kappa shape index (κ1) is 16.7. The van der Waals surface area contributed by atoms with Crippen molar-refractivity contribution in [2.45, 2.75) is 19.2 Å². The second-order valence-corrected chi connectivity index (χ2v) is 5.99. The number of imidazole rings is 1. The van der Waals surface area contributed by atoms with Gasteiger partial charge < -0.3 is 9.67 Å². The highest BCUT2D eigenvalue weighted by atomic mass is 16.3. The van der Waals surface area contributed by atoms with Crippen LogP contribution in [0.15, 0.2) is 42.7 Å². The monoisotopic (exact) mass is 302 g/mol. The second kappa shape index (κ2) is 8.08. The van der Waals surface area contributed by atoms with Crippen LogP contribution in [0.2, 0.25) is 0 Å². The van der Waals surface area contributed by atoms with Crippen LogP contribution in [0.5, 0.6) is 0 Å². The summed E-state index contributed by atoms with van der Waals surface area (Å²) in [5, 5.41) is 10.3. The largest absolute Gasteiger partial charge is 0.390 e. The third kappa shape index (κ3) is 5.26. The molecule has 120 valence electrons. The van der Waals surface area contributed by atoms with Gasteiger partial charge in [-0.2, -0.15) is 0 Å². The minimum absolute atomic E-state index is 0.376. The fraction of sp³-hybridized carbons (Fsp3) is 0.471. The lowest BCUT2D eigenvalue weighted by atomic mass is 10.2. The Balaban J connectivity index is 1.74. The lowest BCUT2D eigenvalue weighted by molar-refractivity contribution is 0.0857. The summed E-state index contributed by atoms with van der Waals surface area (Å²) >= 11 is 0. The van der Waals surface area contributed by atoms with Crippen LogP contribution in [0, 0.1) is 0 Å². The zero-order valence-corrected chi connectivity index (χ0v) is 13.7. The third-order valence-corrected chi connectivity index (χ3v) is 3.67. The molecule has 0 saturated carbocycles. The average molecular weight is 302 g/mol. The molecule has 0 saturated heterocycles. The van der Waals surface area contributed by atoms with Crippen LogP contribution < -0.4 is 0 Å². The van der Waals surface area contributed by atoms with Gasteiger partial charge in [-0.1, -0.05) is 30.3 Å². The SMILES string of the molecule is CN(Cc1ccccc1)CC(O)CN(C)Cc1nccn1C. The Morgan fingerprint density at radius 2 is 1.73 bits per heavy atom. The van der Waals surface area contributed by atoms with Gasteiger partial charge in [0.05, 0.1) is 12.6 Å². The molecule has 1 unspecified atom stereocenters. The standard InChI is InChI=1S/C17H26N4O/c1-19(11-15-7-5-4-6-8-15)12-16(22)13-20(2)14-17-18-9-10-21(17)3/h4-10,16,22H,11-14H2,1-3H3. The zero-order valence-electron chi connectivity index (χ0n) is 13.7. The van der Waals surface area contributed by atoms with E-state index in [2.05, 4.69) is 26.9 Å². The van der Waals surface area contributed by atoms with Gasteiger partial charge in [-0.05, 0) is 19.7 Å². The van der Waals surface area contributed by atoms with Crippen LogP contribution in [0.4, 0.5) is 0 Å². The first-order valence-corrected chi connectivity index (χ1v) is 7.60. The fourth-order valence-electron chi connectivity index (χ4n) is 2.59. The quantitative estimate of drug-likeness (QED) is 0.799. The van der Waals surface area contributed by atoms with Crippen molar-refractivity contribution in [1.82, 2.24) is 19.4 Å². The van der Waals surface area contributed by atoms with E-state index in [1.165, 1.54) is 5.56 Å². The molecular weight excluding hydrogens is 276 g/mol. The summed E-state index contributed by atoms with van der Waals surface area (Å²) in [6, 6.07) is 10.3. The predicted molar refractivity (Wildman–Crippen MR) is 88.3 cm³/mol. The molecule has 0 fully saturated rings. The highest BCUT2D eigenvalue weighted by Crippen LogP contribution is 2.05. The second-order valence-electron chi connectivity index (χ2n) is 5.99. The van der Waals surface area contributed by atoms with Crippen LogP contribution >= 0.6 is 0 Å². The molecule has 1 aromatic carbocycles. The van der Waals surface area contributed by atoms with E-state index in [-0.39, 0.29) is 6.10 Å². The zero-order chi connectivity index (χ0) is 15.9. The summed E-state index contributed by atoms with van der Waals surface area (Å²) < 4.78 is 2.00. The summed E-state index contributed by atoms with van der Waals surface area (Å²) in [6.07, 6.45) is 3.36. The molecule has 1 N–H and O–H groups in total. The average Bonchev–Trinajstić information content (AvgIpc) is 2.84. The Bertz CT molecular complexity index is 555. The van der Waals surface area contributed by atoms with Gasteiger partial charge >= 0.3 is 0 Å². The molecular formula is C17H26N4O. The maximum Gasteiger partial charge on any atom is 0.122 e. The molecule has 0 amide bonds. The Labute approximate surface area is 132 Å². The van der Waals surface area contributed by atoms with Crippen molar-refractivity contribution < 1.29 is 5.11 Å². The van der Waals surface area contributed by atoms with Crippen molar-refractivity contribution in [2.75, 3.05) is 27.2 Å². The molecule has 1 heterocycles. The minimum atomic E-state index is -0.376. The molecule has 2 rings (SSSR count). The molecule has 0 aliphatic heterocycles. The molecule has 0 bridgehead atoms. The number of likely N-dealkylation sites (N-methyl/N-ethyl adjacent to an activating group) is 2. The van der Waals surface area contributed by atoms with E-state index in [0.717, 1.165) is 18.9 Å². The highest BCUT2D eigenvalue weighted by molar-refractivity contribution is 5.14. The summed E-state index contributed by atoms with van der Waals surface area (Å²) in [5.41, 5.74) is 1.26. The molecule has 5 heteroatoms. The molecule has 0 aliphatic carbocycles. The number of benzene rings is 1. The van der Waals surface area contributed by atoms with Crippen molar-refractivity contribution in [3.05, 3.63) is 54.1 Å². The topological polar surface area (TPSA) is 44.5 Å². The smallest absolute Gasteiger partial charge is 0.122 e. The van der Waals surface area contributed by atoms with E-state index in [1.807, 2.05) is 50.1 Å². The minimum Gasteiger partial charge on any atom is -0.390 e. The number of hydrogen-bond donors (Lipinski definition) is 1. The van der Waals surface area contributed by atoms with Crippen molar-refractivity contribution in [2.24, 2.45) is 7.05 Å². The maximum absolute atomic E-state index is 10.3. The molecule has 1 aromatic heterocycles. The van der Waals surface area contributed by atoms with E-state index in [9.17, 15) is 5.11 Å². The van der Waals surface area contributed by atoms with Gasteiger partial charge in [-0.15, -0.1) is 0 Å². The van der Waals surface area contributed by atoms with Crippen LogP contribution in [0.25, 0.3) is 0 Å². The van der Waals surface area contributed by atoms with Crippen LogP contribution in [0.3, 0.4) is 0 Å². The Morgan fingerprint density at radius 3 is 2.32 bits per heavy atom. The van der Waals surface area contributed by atoms with Crippen molar-refractivity contribution in [1.29, 1.82) is 0 Å². The molecule has 2 aromatic rings. The van der Waals surface area contributed by atoms with Crippen molar-refractivity contribution in [3.8, 4) is 0 Å². The Morgan fingerprint density at radius 1 is 1.09 bits per heavy atom. The number of aromatic nitrogens is 2. The van der Waals surface area contributed by atoms with Crippen LogP contribution in [-0.2, 0) is 20.1 Å². The van der Waals surface area contributed by atoms with E-state index in [1.54, 1.807) is 6.20 Å². The third-order valence-electron chi connectivity index (χ3n) is 3.67. The number of aliphatic hydroxyl groups excluding tert-OH is 1. The number of rotatable bonds is 8. The van der Waals surface area contributed by atoms with E-state index in [0.29, 0.717) is 13.1 Å². The lowest BCUT2D eigenvalue weighted by Crippen LogP contribution is -2.37. The predicted octanol–water partition coefficient (Wildman–Crippen LogP) is 1.34. The summed E-state index contributed by atoms with van der Waals surface area (Å²) in [7, 11) is 6.03. The van der Waals surface area contributed by atoms with Gasteiger partial charge in [0.25, 0.3) is 0 Å². The molecule has 22 heavy (non-hydrogen) atoms. The summed E-state index contributed by atoms with van der Waals surface area (Å²) in [5.74, 6) is 1.01. The first-order chi connectivity index (χ1) is 10.5. The van der Waals surface area contributed by atoms with Crippen LogP contribution in [-0.4, -0.2) is 57.7 Å². The van der Waals surface area contributed by atoms with E-state index < -0.39 is 0 Å². The highest BCUT2D eigenvalue weighted by Gasteiger charge is 2.13. The maximum atomic E-state index is 10.3. The lowest BCUT2D eigenvalue weighted by Gasteiger charge is -2.24. The van der Waals surface area contributed by atoms with E-state index in [4.69, 9.17) is 0 Å². The van der Waals surface area contributed by atoms with Gasteiger partial charge in [0.1, 0.15) is 5.82 Å². The van der Waals surface area contributed by atoms with Gasteiger partial charge in [0, 0.05) is 39.1 Å². The first-order valence-electron chi connectivity index (χ1n) is 7.60. The van der Waals surface area contributed by atoms with Crippen molar-refractivity contribution in [3.63, 3.8) is 0 Å². The molecule has 0 spiro atoms. The van der Waals surface area contributed by atoms with Crippen molar-refractivity contribution >= 4 is 0 Å². The number of aryl methyl sites for hydroxylation is 1. The van der Waals surface area contributed by atoms with Gasteiger partial charge in [-0.3, -0.25) is 9.80 Å². The Kier molecular flexibility index (Phi) is 6.12. The van der Waals surface area contributed by atoms with Gasteiger partial charge in [0.2, 0.25) is 0 Å². The summed E-state index contributed by atoms with van der Waals surface area (Å²) in [4.78, 5) is 8.56. The van der Waals surface area contributed by atoms with Crippen LogP contribution in [0.1, 0.15) is 11.4 Å². The number of aliphatic hydroxyl groups is 1. The van der Waals surface area contributed by atoms with Gasteiger partial charge in [0.15, 0.2) is 0 Å². The number of hydrogen-bond acceptors (Lipinski definition) is 4. The fourth-order valence-corrected chi connectivity index (χ4v) is 2.59. The Hall–Kier alpha value is -1.69. The number of nitrogens with zero attached hydrogens (tertiary/aromatic N) is 4. The molecule has 0 aliphatic rings. The molecule has 5 nitrogen and oxygen atoms in total.